The lowest BCUT2D eigenvalue weighted by atomic mass is 10.3. The zero-order chi connectivity index (χ0) is 13.9. The molecule has 5 nitrogen and oxygen atoms in total. The molecule has 1 atom stereocenters. The molecule has 1 aromatic heterocycles. The van der Waals surface area contributed by atoms with E-state index in [1.807, 2.05) is 12.3 Å². The van der Waals surface area contributed by atoms with Crippen molar-refractivity contribution in [2.45, 2.75) is 44.4 Å². The minimum Gasteiger partial charge on any atom is -0.313 e. The molecule has 1 aromatic rings. The summed E-state index contributed by atoms with van der Waals surface area (Å²) in [7, 11) is -3.23. The Hall–Kier alpha value is -0.500. The first kappa shape index (κ1) is 14.9. The highest BCUT2D eigenvalue weighted by Gasteiger charge is 2.25. The largest absolute Gasteiger partial charge is 0.313 e. The minimum absolute atomic E-state index is 0.398. The van der Waals surface area contributed by atoms with Gasteiger partial charge in [-0.2, -0.15) is 0 Å². The van der Waals surface area contributed by atoms with Crippen molar-refractivity contribution in [2.75, 3.05) is 13.1 Å². The zero-order valence-electron chi connectivity index (χ0n) is 11.3. The number of nitrogens with zero attached hydrogens (tertiary/aromatic N) is 1. The van der Waals surface area contributed by atoms with Gasteiger partial charge in [0.05, 0.1) is 16.0 Å². The third-order valence-electron chi connectivity index (χ3n) is 3.15. The van der Waals surface area contributed by atoms with Gasteiger partial charge in [-0.25, -0.2) is 18.1 Å². The smallest absolute Gasteiger partial charge is 0.215 e. The second-order valence-corrected chi connectivity index (χ2v) is 8.29. The van der Waals surface area contributed by atoms with Gasteiger partial charge < -0.3 is 5.32 Å². The van der Waals surface area contributed by atoms with Gasteiger partial charge in [0.15, 0.2) is 0 Å². The fourth-order valence-electron chi connectivity index (χ4n) is 1.72. The Morgan fingerprint density at radius 1 is 1.53 bits per heavy atom. The summed E-state index contributed by atoms with van der Waals surface area (Å²) in [4.78, 5) is 4.31. The molecule has 1 unspecified atom stereocenters. The van der Waals surface area contributed by atoms with Gasteiger partial charge in [-0.1, -0.05) is 0 Å². The molecule has 108 valence electrons. The molecule has 19 heavy (non-hydrogen) atoms. The fraction of sp³-hybridized carbons (Fsp3) is 0.750. The van der Waals surface area contributed by atoms with Gasteiger partial charge in [-0.15, -0.1) is 11.3 Å². The number of rotatable bonds is 8. The maximum absolute atomic E-state index is 12.0. The minimum atomic E-state index is -3.23. The Kier molecular flexibility index (Phi) is 4.94. The maximum Gasteiger partial charge on any atom is 0.215 e. The Balaban J connectivity index is 1.72. The molecule has 2 rings (SSSR count). The van der Waals surface area contributed by atoms with Crippen molar-refractivity contribution >= 4 is 21.4 Å². The Labute approximate surface area is 118 Å². The predicted molar refractivity (Wildman–Crippen MR) is 78.0 cm³/mol. The summed E-state index contributed by atoms with van der Waals surface area (Å²) in [5.74, 6) is 0. The van der Waals surface area contributed by atoms with Crippen LogP contribution in [0.2, 0.25) is 0 Å². The lowest BCUT2D eigenvalue weighted by Gasteiger charge is -2.14. The summed E-state index contributed by atoms with van der Waals surface area (Å²) in [5, 5.41) is 5.83. The number of hydrogen-bond acceptors (Lipinski definition) is 5. The van der Waals surface area contributed by atoms with E-state index in [4.69, 9.17) is 0 Å². The summed E-state index contributed by atoms with van der Waals surface area (Å²) in [6.07, 6.45) is 2.99. The Morgan fingerprint density at radius 3 is 2.84 bits per heavy atom. The van der Waals surface area contributed by atoms with Crippen LogP contribution < -0.4 is 10.0 Å². The standard InChI is InChI=1S/C12H21N3O2S2/c1-9(7-13-11-3-4-11)19(16,17)14-6-5-12-8-18-10(2)15-12/h8-9,11,13-14H,3-7H2,1-2H3. The van der Waals surface area contributed by atoms with Gasteiger partial charge in [0.1, 0.15) is 0 Å². The van der Waals surface area contributed by atoms with Crippen molar-refractivity contribution in [3.63, 3.8) is 0 Å². The van der Waals surface area contributed by atoms with Gasteiger partial charge >= 0.3 is 0 Å². The number of sulfonamides is 1. The molecule has 0 aliphatic heterocycles. The molecule has 0 aromatic carbocycles. The number of thiazole rings is 1. The molecule has 1 aliphatic carbocycles. The van der Waals surface area contributed by atoms with Crippen LogP contribution in [0.25, 0.3) is 0 Å². The van der Waals surface area contributed by atoms with Crippen LogP contribution in [-0.4, -0.2) is 37.8 Å². The number of nitrogens with one attached hydrogen (secondary N) is 2. The summed E-state index contributed by atoms with van der Waals surface area (Å²) >= 11 is 1.59. The molecule has 1 heterocycles. The summed E-state index contributed by atoms with van der Waals surface area (Å²) in [6, 6.07) is 0.538. The van der Waals surface area contributed by atoms with Gasteiger partial charge in [0.25, 0.3) is 0 Å². The predicted octanol–water partition coefficient (Wildman–Crippen LogP) is 1.05. The van der Waals surface area contributed by atoms with Crippen molar-refractivity contribution in [1.82, 2.24) is 15.0 Å². The van der Waals surface area contributed by atoms with Crippen molar-refractivity contribution in [3.8, 4) is 0 Å². The lowest BCUT2D eigenvalue weighted by Crippen LogP contribution is -2.40. The van der Waals surface area contributed by atoms with E-state index in [-0.39, 0.29) is 0 Å². The van der Waals surface area contributed by atoms with Crippen LogP contribution in [0, 0.1) is 6.92 Å². The molecule has 7 heteroatoms. The molecule has 0 bridgehead atoms. The Morgan fingerprint density at radius 2 is 2.26 bits per heavy atom. The zero-order valence-corrected chi connectivity index (χ0v) is 13.0. The van der Waals surface area contributed by atoms with E-state index in [0.29, 0.717) is 25.6 Å². The van der Waals surface area contributed by atoms with E-state index in [9.17, 15) is 8.42 Å². The van der Waals surface area contributed by atoms with Crippen molar-refractivity contribution in [3.05, 3.63) is 16.1 Å². The Bertz CT molecular complexity index is 509. The van der Waals surface area contributed by atoms with E-state index in [1.54, 1.807) is 18.3 Å². The second-order valence-electron chi connectivity index (χ2n) is 5.04. The third kappa shape index (κ3) is 4.83. The average molecular weight is 303 g/mol. The maximum atomic E-state index is 12.0. The van der Waals surface area contributed by atoms with Gasteiger partial charge in [0, 0.05) is 30.9 Å². The third-order valence-corrected chi connectivity index (χ3v) is 5.81. The molecular weight excluding hydrogens is 282 g/mol. The van der Waals surface area contributed by atoms with Crippen LogP contribution in [0.4, 0.5) is 0 Å². The fourth-order valence-corrected chi connectivity index (χ4v) is 3.35. The van der Waals surface area contributed by atoms with Crippen molar-refractivity contribution in [1.29, 1.82) is 0 Å². The van der Waals surface area contributed by atoms with Crippen molar-refractivity contribution < 1.29 is 8.42 Å². The molecule has 0 radical (unpaired) electrons. The van der Waals surface area contributed by atoms with Crippen LogP contribution in [0.3, 0.4) is 0 Å². The second kappa shape index (κ2) is 6.30. The number of aromatic nitrogens is 1. The SMILES string of the molecule is Cc1nc(CCNS(=O)(=O)C(C)CNC2CC2)cs1. The molecule has 2 N–H and O–H groups in total. The highest BCUT2D eigenvalue weighted by molar-refractivity contribution is 7.90. The molecular formula is C12H21N3O2S2. The van der Waals surface area contributed by atoms with E-state index < -0.39 is 15.3 Å². The molecule has 0 saturated heterocycles. The van der Waals surface area contributed by atoms with Gasteiger partial charge in [-0.3, -0.25) is 0 Å². The monoisotopic (exact) mass is 303 g/mol. The molecule has 1 saturated carbocycles. The van der Waals surface area contributed by atoms with Crippen LogP contribution in [0.15, 0.2) is 5.38 Å². The topological polar surface area (TPSA) is 71.1 Å². The molecule has 1 fully saturated rings. The molecule has 0 amide bonds. The first-order valence-corrected chi connectivity index (χ1v) is 9.03. The van der Waals surface area contributed by atoms with Gasteiger partial charge in [0.2, 0.25) is 10.0 Å². The number of hydrogen-bond donors (Lipinski definition) is 2. The van der Waals surface area contributed by atoms with E-state index in [0.717, 1.165) is 10.7 Å². The summed E-state index contributed by atoms with van der Waals surface area (Å²) in [6.45, 7) is 4.63. The highest BCUT2D eigenvalue weighted by Crippen LogP contribution is 2.18. The van der Waals surface area contributed by atoms with Crippen LogP contribution in [-0.2, 0) is 16.4 Å². The highest BCUT2D eigenvalue weighted by atomic mass is 32.2. The van der Waals surface area contributed by atoms with E-state index in [1.165, 1.54) is 12.8 Å². The average Bonchev–Trinajstić information content (AvgIpc) is 3.09. The lowest BCUT2D eigenvalue weighted by molar-refractivity contribution is 0.557. The van der Waals surface area contributed by atoms with Crippen molar-refractivity contribution in [2.24, 2.45) is 0 Å². The normalized spacial score (nSPS) is 17.6. The molecule has 1 aliphatic rings. The van der Waals surface area contributed by atoms with Gasteiger partial charge in [-0.05, 0) is 26.7 Å². The summed E-state index contributed by atoms with van der Waals surface area (Å²) in [5.41, 5.74) is 0.953. The van der Waals surface area contributed by atoms with Crippen LogP contribution in [0.1, 0.15) is 30.5 Å². The van der Waals surface area contributed by atoms with Crippen LogP contribution in [0.5, 0.6) is 0 Å². The molecule has 0 spiro atoms. The van der Waals surface area contributed by atoms with E-state index in [2.05, 4.69) is 15.0 Å². The van der Waals surface area contributed by atoms with E-state index >= 15 is 0 Å². The summed E-state index contributed by atoms with van der Waals surface area (Å²) < 4.78 is 26.6. The quantitative estimate of drug-likeness (QED) is 0.753. The first-order chi connectivity index (χ1) is 8.97. The number of aryl methyl sites for hydroxylation is 1. The van der Waals surface area contributed by atoms with Crippen LogP contribution >= 0.6 is 11.3 Å². The first-order valence-electron chi connectivity index (χ1n) is 6.60.